The Kier molecular flexibility index (Phi) is 7.28. The van der Waals surface area contributed by atoms with Crippen molar-refractivity contribution in [3.63, 3.8) is 0 Å². The number of sulfonamides is 1. The molecule has 3 rings (SSSR count). The minimum atomic E-state index is -3.67. The van der Waals surface area contributed by atoms with E-state index < -0.39 is 21.6 Å². The van der Waals surface area contributed by atoms with E-state index in [4.69, 9.17) is 14.2 Å². The maximum atomic E-state index is 12.7. The molecule has 0 aliphatic carbocycles. The largest absolute Gasteiger partial charge is 0.461 e. The number of hydrogen-bond acceptors (Lipinski definition) is 7. The Morgan fingerprint density at radius 2 is 1.81 bits per heavy atom. The highest BCUT2D eigenvalue weighted by Crippen LogP contribution is 2.22. The molecule has 0 atom stereocenters. The van der Waals surface area contributed by atoms with E-state index in [0.29, 0.717) is 39.1 Å². The average Bonchev–Trinajstić information content (AvgIpc) is 3.23. The van der Waals surface area contributed by atoms with Gasteiger partial charge in [-0.1, -0.05) is 0 Å². The molecule has 0 unspecified atom stereocenters. The highest BCUT2D eigenvalue weighted by Gasteiger charge is 2.29. The second-order valence-electron chi connectivity index (χ2n) is 8.77. The molecule has 2 aliphatic heterocycles. The molecule has 31 heavy (non-hydrogen) atoms. The first-order chi connectivity index (χ1) is 14.6. The molecule has 11 heteroatoms. The highest BCUT2D eigenvalue weighted by molar-refractivity contribution is 7.89. The van der Waals surface area contributed by atoms with E-state index in [1.54, 1.807) is 4.90 Å². The number of carbonyl (C=O) groups excluding carboxylic acids is 2. The van der Waals surface area contributed by atoms with E-state index in [-0.39, 0.29) is 42.3 Å². The molecule has 0 saturated carbocycles. The first-order valence-electron chi connectivity index (χ1n) is 10.5. The van der Waals surface area contributed by atoms with Crippen molar-refractivity contribution >= 4 is 22.1 Å². The van der Waals surface area contributed by atoms with Crippen LogP contribution in [0.25, 0.3) is 0 Å². The molecule has 174 valence electrons. The SMILES string of the molecule is CC(C)(C)OC(=O)N1CCC(COC(=O)c2cc(S(=O)(=O)N3CCOCC3)c[nH]2)CC1. The molecule has 2 saturated heterocycles. The molecule has 3 heterocycles. The van der Waals surface area contributed by atoms with E-state index in [2.05, 4.69) is 4.98 Å². The zero-order chi connectivity index (χ0) is 22.6. The van der Waals surface area contributed by atoms with E-state index in [1.807, 2.05) is 20.8 Å². The summed E-state index contributed by atoms with van der Waals surface area (Å²) in [5.74, 6) is -0.466. The fourth-order valence-corrected chi connectivity index (χ4v) is 4.86. The molecule has 0 spiro atoms. The van der Waals surface area contributed by atoms with Crippen molar-refractivity contribution in [3.05, 3.63) is 18.0 Å². The summed E-state index contributed by atoms with van der Waals surface area (Å²) in [4.78, 5) is 28.9. The zero-order valence-electron chi connectivity index (χ0n) is 18.3. The number of likely N-dealkylation sites (tertiary alicyclic amines) is 1. The van der Waals surface area contributed by atoms with Gasteiger partial charge in [-0.3, -0.25) is 0 Å². The lowest BCUT2D eigenvalue weighted by Gasteiger charge is -2.33. The number of nitrogens with zero attached hydrogens (tertiary/aromatic N) is 2. The van der Waals surface area contributed by atoms with Gasteiger partial charge < -0.3 is 24.1 Å². The van der Waals surface area contributed by atoms with Crippen molar-refractivity contribution in [3.8, 4) is 0 Å². The number of esters is 1. The summed E-state index contributed by atoms with van der Waals surface area (Å²) >= 11 is 0. The van der Waals surface area contributed by atoms with Crippen LogP contribution in [0, 0.1) is 5.92 Å². The van der Waals surface area contributed by atoms with Crippen molar-refractivity contribution in [2.45, 2.75) is 44.1 Å². The van der Waals surface area contributed by atoms with Crippen molar-refractivity contribution < 1.29 is 32.2 Å². The van der Waals surface area contributed by atoms with Crippen LogP contribution in [-0.2, 0) is 24.2 Å². The van der Waals surface area contributed by atoms with Crippen molar-refractivity contribution in [2.75, 3.05) is 46.0 Å². The summed E-state index contributed by atoms with van der Waals surface area (Å²) in [6.07, 6.45) is 2.38. The molecule has 1 N–H and O–H groups in total. The van der Waals surface area contributed by atoms with Crippen LogP contribution in [0.15, 0.2) is 17.2 Å². The number of amides is 1. The van der Waals surface area contributed by atoms with Crippen LogP contribution >= 0.6 is 0 Å². The van der Waals surface area contributed by atoms with Gasteiger partial charge in [0.2, 0.25) is 10.0 Å². The molecule has 0 radical (unpaired) electrons. The molecule has 10 nitrogen and oxygen atoms in total. The fourth-order valence-electron chi connectivity index (χ4n) is 3.46. The number of ether oxygens (including phenoxy) is 3. The van der Waals surface area contributed by atoms with Crippen LogP contribution in [0.4, 0.5) is 4.79 Å². The lowest BCUT2D eigenvalue weighted by atomic mass is 9.98. The molecule has 2 fully saturated rings. The summed E-state index contributed by atoms with van der Waals surface area (Å²) in [5, 5.41) is 0. The zero-order valence-corrected chi connectivity index (χ0v) is 19.1. The van der Waals surface area contributed by atoms with Gasteiger partial charge in [0.1, 0.15) is 16.2 Å². The van der Waals surface area contributed by atoms with Gasteiger partial charge in [-0.15, -0.1) is 0 Å². The number of morpholine rings is 1. The van der Waals surface area contributed by atoms with E-state index in [0.717, 1.165) is 0 Å². The highest BCUT2D eigenvalue weighted by atomic mass is 32.2. The van der Waals surface area contributed by atoms with Gasteiger partial charge in [0.05, 0.1) is 19.8 Å². The third kappa shape index (κ3) is 6.20. The Labute approximate surface area is 182 Å². The van der Waals surface area contributed by atoms with E-state index in [1.165, 1.54) is 16.6 Å². The summed E-state index contributed by atoms with van der Waals surface area (Å²) in [7, 11) is -3.67. The quantitative estimate of drug-likeness (QED) is 0.670. The van der Waals surface area contributed by atoms with E-state index >= 15 is 0 Å². The minimum Gasteiger partial charge on any atom is -0.461 e. The smallest absolute Gasteiger partial charge is 0.410 e. The summed E-state index contributed by atoms with van der Waals surface area (Å²) in [5.41, 5.74) is -0.439. The Morgan fingerprint density at radius 3 is 2.42 bits per heavy atom. The number of aromatic nitrogens is 1. The topological polar surface area (TPSA) is 118 Å². The number of rotatable bonds is 5. The van der Waals surface area contributed by atoms with Crippen molar-refractivity contribution in [2.24, 2.45) is 5.92 Å². The lowest BCUT2D eigenvalue weighted by molar-refractivity contribution is 0.0114. The van der Waals surface area contributed by atoms with Gasteiger partial charge in [-0.25, -0.2) is 18.0 Å². The number of aromatic amines is 1. The number of piperidine rings is 1. The molecule has 0 bridgehead atoms. The molecule has 0 aromatic carbocycles. The first-order valence-corrected chi connectivity index (χ1v) is 11.9. The summed E-state index contributed by atoms with van der Waals surface area (Å²) < 4.78 is 42.6. The van der Waals surface area contributed by atoms with Gasteiger partial charge in [-0.2, -0.15) is 4.31 Å². The number of nitrogens with one attached hydrogen (secondary N) is 1. The number of hydrogen-bond donors (Lipinski definition) is 1. The average molecular weight is 458 g/mol. The monoisotopic (exact) mass is 457 g/mol. The molecular weight excluding hydrogens is 426 g/mol. The molecule has 1 amide bonds. The van der Waals surface area contributed by atoms with Crippen LogP contribution in [0.1, 0.15) is 44.1 Å². The molecule has 2 aliphatic rings. The van der Waals surface area contributed by atoms with Crippen LogP contribution < -0.4 is 0 Å². The second kappa shape index (κ2) is 9.58. The van der Waals surface area contributed by atoms with Crippen molar-refractivity contribution in [1.29, 1.82) is 0 Å². The summed E-state index contributed by atoms with van der Waals surface area (Å²) in [6.45, 7) is 8.07. The third-order valence-electron chi connectivity index (χ3n) is 5.20. The van der Waals surface area contributed by atoms with Crippen LogP contribution in [0.3, 0.4) is 0 Å². The lowest BCUT2D eigenvalue weighted by Crippen LogP contribution is -2.42. The van der Waals surface area contributed by atoms with Gasteiger partial charge in [0.15, 0.2) is 0 Å². The van der Waals surface area contributed by atoms with Gasteiger partial charge in [0, 0.05) is 32.4 Å². The maximum Gasteiger partial charge on any atom is 0.410 e. The summed E-state index contributed by atoms with van der Waals surface area (Å²) in [6, 6.07) is 1.30. The van der Waals surface area contributed by atoms with Gasteiger partial charge >= 0.3 is 12.1 Å². The van der Waals surface area contributed by atoms with Crippen molar-refractivity contribution in [1.82, 2.24) is 14.2 Å². The molecular formula is C20H31N3O7S. The number of H-pyrrole nitrogens is 1. The Bertz CT molecular complexity index is 877. The van der Waals surface area contributed by atoms with Gasteiger partial charge in [0.25, 0.3) is 0 Å². The second-order valence-corrected chi connectivity index (χ2v) is 10.7. The molecule has 1 aromatic rings. The predicted molar refractivity (Wildman–Crippen MR) is 111 cm³/mol. The maximum absolute atomic E-state index is 12.7. The minimum absolute atomic E-state index is 0.0343. The number of carbonyl (C=O) groups is 2. The Balaban J connectivity index is 1.47. The Morgan fingerprint density at radius 1 is 1.16 bits per heavy atom. The van der Waals surface area contributed by atoms with Gasteiger partial charge in [-0.05, 0) is 45.6 Å². The van der Waals surface area contributed by atoms with Crippen LogP contribution in [0.2, 0.25) is 0 Å². The molecule has 1 aromatic heterocycles. The third-order valence-corrected chi connectivity index (χ3v) is 7.08. The standard InChI is InChI=1S/C20H31N3O7S/c1-20(2,3)30-19(25)22-6-4-15(5-7-22)14-29-18(24)17-12-16(13-21-17)31(26,27)23-8-10-28-11-9-23/h12-13,15,21H,4-11,14H2,1-3H3. The van der Waals surface area contributed by atoms with Crippen LogP contribution in [0.5, 0.6) is 0 Å². The fraction of sp³-hybridized carbons (Fsp3) is 0.700. The predicted octanol–water partition coefficient (Wildman–Crippen LogP) is 1.84. The Hall–Kier alpha value is -2.11. The van der Waals surface area contributed by atoms with Crippen LogP contribution in [-0.4, -0.2) is 86.3 Å². The first kappa shape index (κ1) is 23.6. The van der Waals surface area contributed by atoms with E-state index in [9.17, 15) is 18.0 Å². The normalized spacial score (nSPS) is 19.3.